The van der Waals surface area contributed by atoms with Crippen LogP contribution in [0.4, 0.5) is 0 Å². The van der Waals surface area contributed by atoms with Crippen LogP contribution in [0.25, 0.3) is 0 Å². The zero-order chi connectivity index (χ0) is 13.4. The number of alkyl halides is 1. The molecule has 1 aromatic rings. The highest BCUT2D eigenvalue weighted by Gasteiger charge is 2.10. The average Bonchev–Trinajstić information content (AvgIpc) is 2.38. The highest BCUT2D eigenvalue weighted by Crippen LogP contribution is 2.13. The minimum absolute atomic E-state index is 0.0658. The predicted octanol–water partition coefficient (Wildman–Crippen LogP) is 2.92. The van der Waals surface area contributed by atoms with Gasteiger partial charge < -0.3 is 10.1 Å². The van der Waals surface area contributed by atoms with Gasteiger partial charge in [-0.15, -0.1) is 0 Å². The summed E-state index contributed by atoms with van der Waals surface area (Å²) in [7, 11) is 1.63. The van der Waals surface area contributed by atoms with Gasteiger partial charge in [0.05, 0.1) is 13.5 Å². The minimum atomic E-state index is 0.0658. The van der Waals surface area contributed by atoms with Crippen LogP contribution in [0.15, 0.2) is 24.3 Å². The molecule has 0 fully saturated rings. The molecule has 0 heterocycles. The van der Waals surface area contributed by atoms with Gasteiger partial charge in [-0.2, -0.15) is 0 Å². The van der Waals surface area contributed by atoms with Crippen molar-refractivity contribution in [2.24, 2.45) is 0 Å². The lowest BCUT2D eigenvalue weighted by Gasteiger charge is -2.15. The fourth-order valence-electron chi connectivity index (χ4n) is 1.76. The van der Waals surface area contributed by atoms with Crippen molar-refractivity contribution >= 4 is 21.8 Å². The molecule has 1 amide bonds. The Hall–Kier alpha value is -1.03. The summed E-state index contributed by atoms with van der Waals surface area (Å²) in [6.07, 6.45) is 2.31. The van der Waals surface area contributed by atoms with Crippen molar-refractivity contribution < 1.29 is 9.53 Å². The third kappa shape index (κ3) is 5.08. The third-order valence-electron chi connectivity index (χ3n) is 2.81. The van der Waals surface area contributed by atoms with Gasteiger partial charge in [-0.25, -0.2) is 0 Å². The quantitative estimate of drug-likeness (QED) is 0.786. The molecule has 0 saturated heterocycles. The fraction of sp³-hybridized carbons (Fsp3) is 0.500. The number of amides is 1. The normalized spacial score (nSPS) is 11.9. The van der Waals surface area contributed by atoms with E-state index in [1.807, 2.05) is 24.3 Å². The Balaban J connectivity index is 2.52. The summed E-state index contributed by atoms with van der Waals surface area (Å²) in [5, 5.41) is 3.95. The van der Waals surface area contributed by atoms with Crippen LogP contribution in [-0.2, 0) is 11.2 Å². The third-order valence-corrected chi connectivity index (χ3v) is 3.27. The molecule has 18 heavy (non-hydrogen) atoms. The Morgan fingerprint density at radius 1 is 1.50 bits per heavy atom. The molecule has 0 spiro atoms. The molecule has 1 aromatic carbocycles. The molecule has 3 nitrogen and oxygen atoms in total. The van der Waals surface area contributed by atoms with E-state index >= 15 is 0 Å². The molecule has 0 aromatic heterocycles. The number of carbonyl (C=O) groups is 1. The van der Waals surface area contributed by atoms with E-state index in [1.54, 1.807) is 7.11 Å². The Morgan fingerprint density at radius 2 is 2.28 bits per heavy atom. The number of hydrogen-bond donors (Lipinski definition) is 1. The van der Waals surface area contributed by atoms with Gasteiger partial charge in [-0.05, 0) is 30.5 Å². The fourth-order valence-corrected chi connectivity index (χ4v) is 2.31. The molecule has 0 radical (unpaired) electrons. The number of carbonyl (C=O) groups excluding carboxylic acids is 1. The zero-order valence-electron chi connectivity index (χ0n) is 10.9. The standard InChI is InChI=1S/C14H20BrNO2/c1-3-12(7-8-15)16-14(17)10-11-5-4-6-13(9-11)18-2/h4-6,9,12H,3,7-8,10H2,1-2H3,(H,16,17). The molecule has 1 N–H and O–H groups in total. The van der Waals surface area contributed by atoms with Gasteiger partial charge in [-0.3, -0.25) is 4.79 Å². The van der Waals surface area contributed by atoms with Gasteiger partial charge in [0.15, 0.2) is 0 Å². The Bertz CT molecular complexity index is 382. The van der Waals surface area contributed by atoms with E-state index in [9.17, 15) is 4.79 Å². The Kier molecular flexibility index (Phi) is 6.80. The van der Waals surface area contributed by atoms with Gasteiger partial charge in [0.25, 0.3) is 0 Å². The van der Waals surface area contributed by atoms with Gasteiger partial charge >= 0.3 is 0 Å². The number of nitrogens with one attached hydrogen (secondary N) is 1. The lowest BCUT2D eigenvalue weighted by Crippen LogP contribution is -2.35. The minimum Gasteiger partial charge on any atom is -0.497 e. The molecule has 0 aliphatic carbocycles. The van der Waals surface area contributed by atoms with Crippen molar-refractivity contribution in [3.8, 4) is 5.75 Å². The number of methoxy groups -OCH3 is 1. The summed E-state index contributed by atoms with van der Waals surface area (Å²) in [5.74, 6) is 0.851. The second kappa shape index (κ2) is 8.14. The van der Waals surface area contributed by atoms with Crippen molar-refractivity contribution in [3.63, 3.8) is 0 Å². The first-order chi connectivity index (χ1) is 8.69. The molecule has 0 aliphatic heterocycles. The summed E-state index contributed by atoms with van der Waals surface area (Å²) in [6, 6.07) is 7.86. The molecule has 1 unspecified atom stereocenters. The number of ether oxygens (including phenoxy) is 1. The summed E-state index contributed by atoms with van der Waals surface area (Å²) >= 11 is 3.40. The molecule has 100 valence electrons. The number of halogens is 1. The van der Waals surface area contributed by atoms with E-state index in [0.717, 1.165) is 29.5 Å². The average molecular weight is 314 g/mol. The molecule has 1 rings (SSSR count). The van der Waals surface area contributed by atoms with Crippen molar-refractivity contribution in [3.05, 3.63) is 29.8 Å². The van der Waals surface area contributed by atoms with Crippen molar-refractivity contribution in [1.29, 1.82) is 0 Å². The predicted molar refractivity (Wildman–Crippen MR) is 77.3 cm³/mol. The topological polar surface area (TPSA) is 38.3 Å². The second-order valence-electron chi connectivity index (χ2n) is 4.18. The zero-order valence-corrected chi connectivity index (χ0v) is 12.5. The first kappa shape index (κ1) is 15.0. The number of rotatable bonds is 7. The van der Waals surface area contributed by atoms with Gasteiger partial charge in [0.2, 0.25) is 5.91 Å². The van der Waals surface area contributed by atoms with Crippen LogP contribution < -0.4 is 10.1 Å². The van der Waals surface area contributed by atoms with Crippen molar-refractivity contribution in [2.75, 3.05) is 12.4 Å². The Labute approximate surface area is 117 Å². The second-order valence-corrected chi connectivity index (χ2v) is 4.97. The van der Waals surface area contributed by atoms with Gasteiger partial charge in [-0.1, -0.05) is 35.0 Å². The highest BCUT2D eigenvalue weighted by atomic mass is 79.9. The molecular formula is C14H20BrNO2. The summed E-state index contributed by atoms with van der Waals surface area (Å²) in [6.45, 7) is 2.08. The summed E-state index contributed by atoms with van der Waals surface area (Å²) in [4.78, 5) is 11.9. The molecule has 1 atom stereocenters. The maximum Gasteiger partial charge on any atom is 0.224 e. The first-order valence-electron chi connectivity index (χ1n) is 6.17. The van der Waals surface area contributed by atoms with Crippen LogP contribution in [0.2, 0.25) is 0 Å². The number of benzene rings is 1. The van der Waals surface area contributed by atoms with Gasteiger partial charge in [0, 0.05) is 11.4 Å². The van der Waals surface area contributed by atoms with Crippen LogP contribution in [-0.4, -0.2) is 24.4 Å². The summed E-state index contributed by atoms with van der Waals surface area (Å²) in [5.41, 5.74) is 0.973. The lowest BCUT2D eigenvalue weighted by molar-refractivity contribution is -0.121. The lowest BCUT2D eigenvalue weighted by atomic mass is 10.1. The van der Waals surface area contributed by atoms with Crippen LogP contribution >= 0.6 is 15.9 Å². The maximum atomic E-state index is 11.9. The maximum absolute atomic E-state index is 11.9. The van der Waals surface area contributed by atoms with Crippen LogP contribution in [0, 0.1) is 0 Å². The van der Waals surface area contributed by atoms with E-state index < -0.39 is 0 Å². The van der Waals surface area contributed by atoms with E-state index in [2.05, 4.69) is 28.2 Å². The van der Waals surface area contributed by atoms with Gasteiger partial charge in [0.1, 0.15) is 5.75 Å². The van der Waals surface area contributed by atoms with E-state index in [4.69, 9.17) is 4.74 Å². The van der Waals surface area contributed by atoms with E-state index in [-0.39, 0.29) is 11.9 Å². The van der Waals surface area contributed by atoms with E-state index in [0.29, 0.717) is 6.42 Å². The van der Waals surface area contributed by atoms with Crippen LogP contribution in [0.3, 0.4) is 0 Å². The molecule has 0 saturated carbocycles. The molecule has 4 heteroatoms. The summed E-state index contributed by atoms with van der Waals surface area (Å²) < 4.78 is 5.14. The van der Waals surface area contributed by atoms with E-state index in [1.165, 1.54) is 0 Å². The monoisotopic (exact) mass is 313 g/mol. The smallest absolute Gasteiger partial charge is 0.224 e. The largest absolute Gasteiger partial charge is 0.497 e. The van der Waals surface area contributed by atoms with Crippen LogP contribution in [0.1, 0.15) is 25.3 Å². The molecule has 0 aliphatic rings. The molecular weight excluding hydrogens is 294 g/mol. The van der Waals surface area contributed by atoms with Crippen LogP contribution in [0.5, 0.6) is 5.75 Å². The molecule has 0 bridgehead atoms. The first-order valence-corrected chi connectivity index (χ1v) is 7.30. The van der Waals surface area contributed by atoms with Crippen molar-refractivity contribution in [1.82, 2.24) is 5.32 Å². The SMILES string of the molecule is CCC(CCBr)NC(=O)Cc1cccc(OC)c1. The Morgan fingerprint density at radius 3 is 2.89 bits per heavy atom. The highest BCUT2D eigenvalue weighted by molar-refractivity contribution is 9.09. The van der Waals surface area contributed by atoms with Crippen molar-refractivity contribution in [2.45, 2.75) is 32.2 Å². The number of hydrogen-bond acceptors (Lipinski definition) is 2.